The van der Waals surface area contributed by atoms with Crippen LogP contribution in [-0.4, -0.2) is 17.6 Å². The van der Waals surface area contributed by atoms with Gasteiger partial charge in [-0.15, -0.1) is 0 Å². The van der Waals surface area contributed by atoms with Crippen LogP contribution in [0, 0.1) is 6.92 Å². The van der Waals surface area contributed by atoms with Crippen molar-refractivity contribution in [3.05, 3.63) is 35.7 Å². The normalized spacial score (nSPS) is 12.2. The van der Waals surface area contributed by atoms with Crippen LogP contribution in [0.3, 0.4) is 0 Å². The van der Waals surface area contributed by atoms with Gasteiger partial charge in [-0.25, -0.2) is 0 Å². The van der Waals surface area contributed by atoms with E-state index in [0.29, 0.717) is 6.61 Å². The Balaban J connectivity index is 2.83. The molecular formula is C14H22N2O. The molecule has 1 unspecified atom stereocenters. The smallest absolute Gasteiger partial charge is 0.141 e. The number of aryl methyl sites for hydroxylation is 1. The summed E-state index contributed by atoms with van der Waals surface area (Å²) in [6.45, 7) is 10.3. The minimum absolute atomic E-state index is 0.136. The number of hydrogen-bond donors (Lipinski definition) is 1. The molecule has 3 heteroatoms. The van der Waals surface area contributed by atoms with Crippen LogP contribution in [0.1, 0.15) is 31.7 Å². The van der Waals surface area contributed by atoms with Gasteiger partial charge in [-0.3, -0.25) is 4.98 Å². The van der Waals surface area contributed by atoms with Gasteiger partial charge < -0.3 is 10.5 Å². The number of aromatic nitrogens is 1. The maximum atomic E-state index is 5.97. The number of ether oxygens (including phenoxy) is 1. The van der Waals surface area contributed by atoms with E-state index in [-0.39, 0.29) is 6.04 Å². The third kappa shape index (κ3) is 4.57. The summed E-state index contributed by atoms with van der Waals surface area (Å²) in [6, 6.07) is 4.05. The number of pyridine rings is 1. The van der Waals surface area contributed by atoms with Crippen molar-refractivity contribution in [3.63, 3.8) is 0 Å². The van der Waals surface area contributed by atoms with Crippen molar-refractivity contribution in [2.45, 2.75) is 39.7 Å². The van der Waals surface area contributed by atoms with Crippen molar-refractivity contribution in [1.82, 2.24) is 4.98 Å². The van der Waals surface area contributed by atoms with E-state index in [1.807, 2.05) is 26.0 Å². The Hall–Kier alpha value is -1.35. The first-order chi connectivity index (χ1) is 8.02. The van der Waals surface area contributed by atoms with Gasteiger partial charge in [0.2, 0.25) is 0 Å². The van der Waals surface area contributed by atoms with E-state index < -0.39 is 0 Å². The van der Waals surface area contributed by atoms with E-state index in [9.17, 15) is 0 Å². The Bertz CT molecular complexity index is 388. The molecule has 1 rings (SSSR count). The molecular weight excluding hydrogens is 212 g/mol. The van der Waals surface area contributed by atoms with Gasteiger partial charge in [0.05, 0.1) is 5.69 Å². The molecule has 0 amide bonds. The van der Waals surface area contributed by atoms with Crippen molar-refractivity contribution in [3.8, 4) is 5.75 Å². The first-order valence-corrected chi connectivity index (χ1v) is 6.02. The SMILES string of the molecule is C=C(C)COc1ccc(C)nc1CC(N)CC. The van der Waals surface area contributed by atoms with Gasteiger partial charge in [0, 0.05) is 18.2 Å². The summed E-state index contributed by atoms with van der Waals surface area (Å²) < 4.78 is 5.68. The van der Waals surface area contributed by atoms with Crippen LogP contribution in [0.4, 0.5) is 0 Å². The van der Waals surface area contributed by atoms with Crippen LogP contribution < -0.4 is 10.5 Å². The van der Waals surface area contributed by atoms with Crippen LogP contribution >= 0.6 is 0 Å². The Morgan fingerprint density at radius 2 is 2.24 bits per heavy atom. The number of nitrogens with two attached hydrogens (primary N) is 1. The molecule has 1 heterocycles. The summed E-state index contributed by atoms with van der Waals surface area (Å²) in [6.07, 6.45) is 1.69. The second kappa shape index (κ2) is 6.40. The minimum Gasteiger partial charge on any atom is -0.487 e. The van der Waals surface area contributed by atoms with Gasteiger partial charge >= 0.3 is 0 Å². The molecule has 0 saturated carbocycles. The molecule has 0 aliphatic carbocycles. The maximum absolute atomic E-state index is 5.97. The number of hydrogen-bond acceptors (Lipinski definition) is 3. The van der Waals surface area contributed by atoms with Crippen LogP contribution in [0.5, 0.6) is 5.75 Å². The summed E-state index contributed by atoms with van der Waals surface area (Å²) in [5.74, 6) is 0.822. The highest BCUT2D eigenvalue weighted by Crippen LogP contribution is 2.19. The summed E-state index contributed by atoms with van der Waals surface area (Å²) in [5, 5.41) is 0. The largest absolute Gasteiger partial charge is 0.487 e. The van der Waals surface area contributed by atoms with Crippen molar-refractivity contribution >= 4 is 0 Å². The fraction of sp³-hybridized carbons (Fsp3) is 0.500. The molecule has 3 nitrogen and oxygen atoms in total. The van der Waals surface area contributed by atoms with Crippen LogP contribution in [0.25, 0.3) is 0 Å². The maximum Gasteiger partial charge on any atom is 0.141 e. The van der Waals surface area contributed by atoms with Gasteiger partial charge in [0.15, 0.2) is 0 Å². The second-order valence-electron chi connectivity index (χ2n) is 4.52. The lowest BCUT2D eigenvalue weighted by Crippen LogP contribution is -2.22. The Morgan fingerprint density at radius 3 is 2.82 bits per heavy atom. The molecule has 0 aromatic carbocycles. The van der Waals surface area contributed by atoms with Gasteiger partial charge in [-0.1, -0.05) is 13.5 Å². The van der Waals surface area contributed by atoms with Crippen molar-refractivity contribution in [2.24, 2.45) is 5.73 Å². The standard InChI is InChI=1S/C14H22N2O/c1-5-12(15)8-13-14(17-9-10(2)3)7-6-11(4)16-13/h6-7,12H,2,5,8-9,15H2,1,3-4H3. The van der Waals surface area contributed by atoms with Crippen molar-refractivity contribution < 1.29 is 4.74 Å². The summed E-state index contributed by atoms with van der Waals surface area (Å²) in [4.78, 5) is 4.50. The molecule has 0 fully saturated rings. The van der Waals surface area contributed by atoms with E-state index in [1.165, 1.54) is 0 Å². The Kier molecular flexibility index (Phi) is 5.16. The zero-order valence-electron chi connectivity index (χ0n) is 11.0. The molecule has 0 spiro atoms. The monoisotopic (exact) mass is 234 g/mol. The highest BCUT2D eigenvalue weighted by Gasteiger charge is 2.10. The van der Waals surface area contributed by atoms with E-state index >= 15 is 0 Å². The molecule has 1 aromatic rings. The highest BCUT2D eigenvalue weighted by atomic mass is 16.5. The van der Waals surface area contributed by atoms with Gasteiger partial charge in [0.1, 0.15) is 12.4 Å². The first kappa shape index (κ1) is 13.7. The fourth-order valence-corrected chi connectivity index (χ4v) is 1.47. The molecule has 0 radical (unpaired) electrons. The average molecular weight is 234 g/mol. The summed E-state index contributed by atoms with van der Waals surface area (Å²) >= 11 is 0. The lowest BCUT2D eigenvalue weighted by molar-refractivity contribution is 0.345. The molecule has 0 aliphatic heterocycles. The minimum atomic E-state index is 0.136. The van der Waals surface area contributed by atoms with Gasteiger partial charge in [-0.2, -0.15) is 0 Å². The predicted octanol–water partition coefficient (Wildman–Crippen LogP) is 2.62. The third-order valence-corrected chi connectivity index (χ3v) is 2.53. The van der Waals surface area contributed by atoms with Gasteiger partial charge in [0.25, 0.3) is 0 Å². The van der Waals surface area contributed by atoms with Crippen LogP contribution in [-0.2, 0) is 6.42 Å². The second-order valence-corrected chi connectivity index (χ2v) is 4.52. The highest BCUT2D eigenvalue weighted by molar-refractivity contribution is 5.30. The van der Waals surface area contributed by atoms with E-state index in [0.717, 1.165) is 35.6 Å². The quantitative estimate of drug-likeness (QED) is 0.770. The number of nitrogens with zero attached hydrogens (tertiary/aromatic N) is 1. The molecule has 2 N–H and O–H groups in total. The molecule has 0 saturated heterocycles. The topological polar surface area (TPSA) is 48.1 Å². The Morgan fingerprint density at radius 1 is 1.53 bits per heavy atom. The zero-order valence-corrected chi connectivity index (χ0v) is 11.0. The Labute approximate surface area is 104 Å². The lowest BCUT2D eigenvalue weighted by Gasteiger charge is -2.14. The van der Waals surface area contributed by atoms with E-state index in [1.54, 1.807) is 0 Å². The first-order valence-electron chi connectivity index (χ1n) is 6.02. The number of rotatable bonds is 6. The zero-order chi connectivity index (χ0) is 12.8. The molecule has 17 heavy (non-hydrogen) atoms. The van der Waals surface area contributed by atoms with Crippen LogP contribution in [0.2, 0.25) is 0 Å². The molecule has 94 valence electrons. The fourth-order valence-electron chi connectivity index (χ4n) is 1.47. The van der Waals surface area contributed by atoms with Crippen molar-refractivity contribution in [2.75, 3.05) is 6.61 Å². The van der Waals surface area contributed by atoms with Crippen molar-refractivity contribution in [1.29, 1.82) is 0 Å². The molecule has 0 aliphatic rings. The molecule has 0 bridgehead atoms. The van der Waals surface area contributed by atoms with Gasteiger partial charge in [-0.05, 0) is 38.0 Å². The average Bonchev–Trinajstić information content (AvgIpc) is 2.27. The van der Waals surface area contributed by atoms with E-state index in [4.69, 9.17) is 10.5 Å². The summed E-state index contributed by atoms with van der Waals surface area (Å²) in [5.41, 5.74) is 8.90. The third-order valence-electron chi connectivity index (χ3n) is 2.53. The molecule has 1 aromatic heterocycles. The lowest BCUT2D eigenvalue weighted by atomic mass is 10.1. The van der Waals surface area contributed by atoms with E-state index in [2.05, 4.69) is 18.5 Å². The summed E-state index contributed by atoms with van der Waals surface area (Å²) in [7, 11) is 0. The van der Waals surface area contributed by atoms with Crippen LogP contribution in [0.15, 0.2) is 24.3 Å². The molecule has 1 atom stereocenters. The predicted molar refractivity (Wildman–Crippen MR) is 71.3 cm³/mol.